The Morgan fingerprint density at radius 2 is 1.70 bits per heavy atom. The Balaban J connectivity index is 1.63. The summed E-state index contributed by atoms with van der Waals surface area (Å²) in [6, 6.07) is 14.1. The normalized spacial score (nSPS) is 17.3. The first-order chi connectivity index (χ1) is 15.9. The number of hydrogen-bond donors (Lipinski definition) is 1. The number of ether oxygens (including phenoxy) is 1. The molecule has 33 heavy (non-hydrogen) atoms. The molecule has 174 valence electrons. The molecule has 0 bridgehead atoms. The molecule has 0 atom stereocenters. The molecule has 0 radical (unpaired) electrons. The summed E-state index contributed by atoms with van der Waals surface area (Å²) >= 11 is 0. The van der Waals surface area contributed by atoms with Gasteiger partial charge in [-0.25, -0.2) is 0 Å². The minimum absolute atomic E-state index is 0.222. The fraction of sp³-hybridized carbons (Fsp3) is 0.407. The van der Waals surface area contributed by atoms with Crippen molar-refractivity contribution in [2.24, 2.45) is 5.92 Å². The third-order valence-electron chi connectivity index (χ3n) is 6.62. The largest absolute Gasteiger partial charge is 0.383 e. The number of nitrogens with zero attached hydrogens (tertiary/aromatic N) is 2. The summed E-state index contributed by atoms with van der Waals surface area (Å²) in [4.78, 5) is 30.2. The van der Waals surface area contributed by atoms with Crippen LogP contribution in [0.1, 0.15) is 36.5 Å². The molecule has 6 heteroatoms. The lowest BCUT2D eigenvalue weighted by Crippen LogP contribution is -2.35. The monoisotopic (exact) mass is 447 g/mol. The van der Waals surface area contributed by atoms with Crippen LogP contribution in [0, 0.1) is 19.8 Å². The average Bonchev–Trinajstić information content (AvgIpc) is 3.02. The summed E-state index contributed by atoms with van der Waals surface area (Å²) in [5, 5.41) is 3.26. The van der Waals surface area contributed by atoms with E-state index < -0.39 is 0 Å². The molecule has 0 aromatic heterocycles. The van der Waals surface area contributed by atoms with Crippen molar-refractivity contribution in [3.8, 4) is 0 Å². The van der Waals surface area contributed by atoms with Crippen LogP contribution < -0.4 is 10.2 Å². The van der Waals surface area contributed by atoms with Gasteiger partial charge in [0, 0.05) is 31.6 Å². The molecule has 0 unspecified atom stereocenters. The highest BCUT2D eigenvalue weighted by Crippen LogP contribution is 2.33. The van der Waals surface area contributed by atoms with E-state index in [1.165, 1.54) is 23.4 Å². The average molecular weight is 448 g/mol. The van der Waals surface area contributed by atoms with Gasteiger partial charge < -0.3 is 15.0 Å². The third kappa shape index (κ3) is 4.81. The molecule has 2 aromatic rings. The van der Waals surface area contributed by atoms with E-state index in [4.69, 9.17) is 4.74 Å². The molecular formula is C27H33N3O3. The molecule has 2 heterocycles. The highest BCUT2D eigenvalue weighted by Gasteiger charge is 2.39. The fourth-order valence-electron chi connectivity index (χ4n) is 4.59. The number of aryl methyl sites for hydroxylation is 2. The number of nitrogens with one attached hydrogen (secondary N) is 1. The highest BCUT2D eigenvalue weighted by molar-refractivity contribution is 6.36. The van der Waals surface area contributed by atoms with Crippen molar-refractivity contribution in [1.29, 1.82) is 0 Å². The van der Waals surface area contributed by atoms with Crippen LogP contribution in [0.2, 0.25) is 0 Å². The number of hydrogen-bond acceptors (Lipinski definition) is 5. The Morgan fingerprint density at radius 1 is 1.00 bits per heavy atom. The maximum Gasteiger partial charge on any atom is 0.278 e. The second-order valence-electron chi connectivity index (χ2n) is 9.16. The predicted octanol–water partition coefficient (Wildman–Crippen LogP) is 4.38. The number of carbonyl (C=O) groups excluding carboxylic acids is 2. The fourth-order valence-corrected chi connectivity index (χ4v) is 4.59. The number of anilines is 2. The van der Waals surface area contributed by atoms with E-state index in [1.807, 2.05) is 44.2 Å². The third-order valence-corrected chi connectivity index (χ3v) is 6.62. The van der Waals surface area contributed by atoms with Crippen LogP contribution in [0.15, 0.2) is 48.2 Å². The number of carbonyl (C=O) groups is 2. The first-order valence-corrected chi connectivity index (χ1v) is 11.7. The zero-order valence-electron chi connectivity index (χ0n) is 20.0. The molecule has 4 rings (SSSR count). The van der Waals surface area contributed by atoms with Crippen LogP contribution in [-0.4, -0.2) is 50.1 Å². The van der Waals surface area contributed by atoms with Gasteiger partial charge >= 0.3 is 0 Å². The molecule has 2 aromatic carbocycles. The zero-order valence-corrected chi connectivity index (χ0v) is 20.0. The molecule has 0 spiro atoms. The number of methoxy groups -OCH3 is 1. The number of benzene rings is 2. The molecule has 2 aliphatic rings. The second-order valence-corrected chi connectivity index (χ2v) is 9.16. The number of rotatable bonds is 7. The smallest absolute Gasteiger partial charge is 0.278 e. The summed E-state index contributed by atoms with van der Waals surface area (Å²) in [5.41, 5.74) is 5.57. The molecule has 6 nitrogen and oxygen atoms in total. The van der Waals surface area contributed by atoms with Crippen molar-refractivity contribution in [2.75, 3.05) is 43.6 Å². The maximum absolute atomic E-state index is 13.3. The van der Waals surface area contributed by atoms with E-state index >= 15 is 0 Å². The molecule has 1 fully saturated rings. The molecule has 0 saturated carbocycles. The standard InChI is InChI=1S/C27H33N3O3/c1-18-11-13-29(14-12-18)22-8-6-21(7-9-22)28-25-24(23-10-5-19(2)17-20(23)3)26(31)30(27(25)32)15-16-33-4/h5-10,17-18,28H,11-16H2,1-4H3. The zero-order chi connectivity index (χ0) is 23.5. The molecular weight excluding hydrogens is 414 g/mol. The molecule has 1 N–H and O–H groups in total. The minimum atomic E-state index is -0.318. The van der Waals surface area contributed by atoms with Crippen LogP contribution in [-0.2, 0) is 14.3 Å². The Labute approximate surface area is 196 Å². The van der Waals surface area contributed by atoms with Crippen molar-refractivity contribution < 1.29 is 14.3 Å². The van der Waals surface area contributed by atoms with Crippen molar-refractivity contribution in [2.45, 2.75) is 33.6 Å². The van der Waals surface area contributed by atoms with Gasteiger partial charge in [-0.15, -0.1) is 0 Å². The summed E-state index contributed by atoms with van der Waals surface area (Å²) in [7, 11) is 1.56. The summed E-state index contributed by atoms with van der Waals surface area (Å²) in [6.07, 6.45) is 2.42. The van der Waals surface area contributed by atoms with Gasteiger partial charge in [0.25, 0.3) is 11.8 Å². The topological polar surface area (TPSA) is 61.9 Å². The molecule has 1 saturated heterocycles. The molecule has 0 aliphatic carbocycles. The van der Waals surface area contributed by atoms with Gasteiger partial charge in [0.2, 0.25) is 0 Å². The van der Waals surface area contributed by atoms with Crippen LogP contribution >= 0.6 is 0 Å². The Bertz CT molecular complexity index is 1070. The van der Waals surface area contributed by atoms with E-state index in [0.29, 0.717) is 17.9 Å². The predicted molar refractivity (Wildman–Crippen MR) is 132 cm³/mol. The van der Waals surface area contributed by atoms with Gasteiger partial charge in [-0.05, 0) is 68.0 Å². The van der Waals surface area contributed by atoms with Gasteiger partial charge in [-0.2, -0.15) is 0 Å². The molecule has 2 amide bonds. The minimum Gasteiger partial charge on any atom is -0.383 e. The SMILES string of the molecule is COCCN1C(=O)C(Nc2ccc(N3CCC(C)CC3)cc2)=C(c2ccc(C)cc2C)C1=O. The van der Waals surface area contributed by atoms with Gasteiger partial charge in [0.1, 0.15) is 5.70 Å². The second kappa shape index (κ2) is 9.79. The first-order valence-electron chi connectivity index (χ1n) is 11.7. The van der Waals surface area contributed by atoms with Crippen molar-refractivity contribution in [1.82, 2.24) is 4.90 Å². The summed E-state index contributed by atoms with van der Waals surface area (Å²) in [6.45, 7) is 8.95. The number of imide groups is 1. The summed E-state index contributed by atoms with van der Waals surface area (Å²) < 4.78 is 5.12. The van der Waals surface area contributed by atoms with E-state index in [1.54, 1.807) is 7.11 Å². The van der Waals surface area contributed by atoms with Crippen molar-refractivity contribution in [3.63, 3.8) is 0 Å². The Hall–Kier alpha value is -3.12. The van der Waals surface area contributed by atoms with E-state index in [9.17, 15) is 9.59 Å². The first kappa shape index (κ1) is 23.1. The maximum atomic E-state index is 13.3. The Morgan fingerprint density at radius 3 is 2.33 bits per heavy atom. The van der Waals surface area contributed by atoms with E-state index in [2.05, 4.69) is 29.3 Å². The lowest BCUT2D eigenvalue weighted by atomic mass is 9.97. The highest BCUT2D eigenvalue weighted by atomic mass is 16.5. The van der Waals surface area contributed by atoms with Gasteiger partial charge in [0.05, 0.1) is 18.7 Å². The van der Waals surface area contributed by atoms with Crippen molar-refractivity contribution >= 4 is 28.8 Å². The lowest BCUT2D eigenvalue weighted by Gasteiger charge is -2.32. The molecule has 2 aliphatic heterocycles. The van der Waals surface area contributed by atoms with Gasteiger partial charge in [0.15, 0.2) is 0 Å². The van der Waals surface area contributed by atoms with Crippen LogP contribution in [0.4, 0.5) is 11.4 Å². The van der Waals surface area contributed by atoms with Crippen LogP contribution in [0.25, 0.3) is 5.57 Å². The van der Waals surface area contributed by atoms with Gasteiger partial charge in [-0.3, -0.25) is 14.5 Å². The van der Waals surface area contributed by atoms with Gasteiger partial charge in [-0.1, -0.05) is 30.7 Å². The quantitative estimate of drug-likeness (QED) is 0.639. The summed E-state index contributed by atoms with van der Waals surface area (Å²) in [5.74, 6) is 0.177. The Kier molecular flexibility index (Phi) is 6.84. The lowest BCUT2D eigenvalue weighted by molar-refractivity contribution is -0.137. The van der Waals surface area contributed by atoms with E-state index in [-0.39, 0.29) is 18.4 Å². The van der Waals surface area contributed by atoms with E-state index in [0.717, 1.165) is 41.4 Å². The van der Waals surface area contributed by atoms with Crippen LogP contribution in [0.3, 0.4) is 0 Å². The number of piperidine rings is 1. The van der Waals surface area contributed by atoms with Crippen molar-refractivity contribution in [3.05, 3.63) is 64.9 Å². The number of amides is 2. The van der Waals surface area contributed by atoms with Crippen LogP contribution in [0.5, 0.6) is 0 Å².